The summed E-state index contributed by atoms with van der Waals surface area (Å²) >= 11 is 0. The molecule has 0 aliphatic heterocycles. The van der Waals surface area contributed by atoms with E-state index >= 15 is 8.78 Å². The second kappa shape index (κ2) is 13.4. The Labute approximate surface area is 335 Å². The summed E-state index contributed by atoms with van der Waals surface area (Å²) in [5, 5.41) is 15.6. The molecule has 3 nitrogen and oxygen atoms in total. The van der Waals surface area contributed by atoms with Gasteiger partial charge in [0.05, 0.1) is 33.4 Å². The fraction of sp³-hybridized carbons (Fsp3) is 0.0755. The molecular weight excluding hydrogens is 717 g/mol. The van der Waals surface area contributed by atoms with Crippen LogP contribution >= 0.6 is 0 Å². The predicted molar refractivity (Wildman–Crippen MR) is 235 cm³/mol. The zero-order chi connectivity index (χ0) is 39.8. The van der Waals surface area contributed by atoms with Gasteiger partial charge in [0.1, 0.15) is 23.3 Å². The van der Waals surface area contributed by atoms with Gasteiger partial charge in [0.2, 0.25) is 0 Å². The number of nitrogens with zero attached hydrogens (tertiary/aromatic N) is 3. The van der Waals surface area contributed by atoms with Gasteiger partial charge in [-0.3, -0.25) is 0 Å². The first-order valence-electron chi connectivity index (χ1n) is 19.4. The highest BCUT2D eigenvalue weighted by Gasteiger charge is 2.23. The highest BCUT2D eigenvalue weighted by atomic mass is 19.1. The van der Waals surface area contributed by atoms with Crippen molar-refractivity contribution in [1.29, 1.82) is 5.26 Å². The third-order valence-electron chi connectivity index (χ3n) is 11.3. The Bertz CT molecular complexity index is 3120. The quantitative estimate of drug-likeness (QED) is 0.172. The van der Waals surface area contributed by atoms with Crippen molar-refractivity contribution in [3.05, 3.63) is 191 Å². The van der Waals surface area contributed by atoms with Crippen molar-refractivity contribution in [2.75, 3.05) is 0 Å². The summed E-state index contributed by atoms with van der Waals surface area (Å²) in [6, 6.07) is 52.5. The van der Waals surface area contributed by atoms with Crippen LogP contribution in [0, 0.1) is 50.7 Å². The fourth-order valence-electron chi connectivity index (χ4n) is 9.07. The average Bonchev–Trinajstić information content (AvgIpc) is 3.71. The third kappa shape index (κ3) is 5.76. The minimum atomic E-state index is -0.674. The lowest BCUT2D eigenvalue weighted by Crippen LogP contribution is -2.05. The van der Waals surface area contributed by atoms with Crippen molar-refractivity contribution in [3.8, 4) is 50.8 Å². The second-order valence-electron chi connectivity index (χ2n) is 15.6. The van der Waals surface area contributed by atoms with E-state index in [1.165, 1.54) is 34.4 Å². The van der Waals surface area contributed by atoms with Crippen LogP contribution in [0.5, 0.6) is 0 Å². The molecule has 2 heterocycles. The summed E-state index contributed by atoms with van der Waals surface area (Å²) in [7, 11) is 0. The number of rotatable bonds is 5. The van der Waals surface area contributed by atoms with Crippen LogP contribution in [0.3, 0.4) is 0 Å². The average molecular weight is 754 g/mol. The van der Waals surface area contributed by atoms with E-state index < -0.39 is 11.6 Å². The Kier molecular flexibility index (Phi) is 8.14. The minimum absolute atomic E-state index is 0.373. The molecular formula is C53H37F2N3. The van der Waals surface area contributed by atoms with Gasteiger partial charge < -0.3 is 9.13 Å². The van der Waals surface area contributed by atoms with Crippen LogP contribution in [0.15, 0.2) is 152 Å². The monoisotopic (exact) mass is 753 g/mol. The maximum absolute atomic E-state index is 15.1. The van der Waals surface area contributed by atoms with Gasteiger partial charge in [-0.1, -0.05) is 119 Å². The number of fused-ring (bicyclic) bond motifs is 6. The summed E-state index contributed by atoms with van der Waals surface area (Å²) < 4.78 is 34.4. The molecule has 0 atom stereocenters. The molecule has 0 bridgehead atoms. The van der Waals surface area contributed by atoms with Crippen LogP contribution < -0.4 is 0 Å². The van der Waals surface area contributed by atoms with Gasteiger partial charge in [-0.25, -0.2) is 8.78 Å². The summed E-state index contributed by atoms with van der Waals surface area (Å²) in [4.78, 5) is 0. The molecule has 10 aromatic rings. The topological polar surface area (TPSA) is 33.6 Å². The minimum Gasteiger partial charge on any atom is -0.308 e. The Morgan fingerprint density at radius 2 is 0.759 bits per heavy atom. The van der Waals surface area contributed by atoms with Crippen LogP contribution in [0.25, 0.3) is 88.4 Å². The van der Waals surface area contributed by atoms with Gasteiger partial charge in [0, 0.05) is 27.6 Å². The zero-order valence-electron chi connectivity index (χ0n) is 32.5. The van der Waals surface area contributed by atoms with E-state index in [2.05, 4.69) is 140 Å². The largest absolute Gasteiger partial charge is 0.308 e. The number of aryl methyl sites for hydroxylation is 4. The predicted octanol–water partition coefficient (Wildman–Crippen LogP) is 14.3. The molecule has 0 aliphatic carbocycles. The standard InChI is InChI=1S/C53H37F2N3/c1-31-17-32(2)20-37(19-31)35-13-15-45-43-9-5-7-11-48(43)57(50(45)25-35)52-27-40(39-23-41(54)29-42(55)24-39)28-53(47(52)30-56)58-49-12-8-6-10-44(49)46-16-14-36(26-51(46)58)38-21-33(3)18-34(4)22-38/h5-29H,1-4H3. The lowest BCUT2D eigenvalue weighted by atomic mass is 9.98. The van der Waals surface area contributed by atoms with Crippen molar-refractivity contribution in [1.82, 2.24) is 9.13 Å². The smallest absolute Gasteiger partial charge is 0.126 e. The number of hydrogen-bond acceptors (Lipinski definition) is 1. The van der Waals surface area contributed by atoms with Crippen molar-refractivity contribution >= 4 is 43.6 Å². The fourth-order valence-corrected chi connectivity index (χ4v) is 9.07. The first-order valence-corrected chi connectivity index (χ1v) is 19.4. The first-order chi connectivity index (χ1) is 28.1. The maximum atomic E-state index is 15.1. The lowest BCUT2D eigenvalue weighted by Gasteiger charge is -2.19. The zero-order valence-corrected chi connectivity index (χ0v) is 32.5. The van der Waals surface area contributed by atoms with Gasteiger partial charge in [-0.05, 0) is 110 Å². The molecule has 0 saturated heterocycles. The Balaban J connectivity index is 1.34. The van der Waals surface area contributed by atoms with Crippen molar-refractivity contribution in [2.45, 2.75) is 27.7 Å². The molecule has 2 aromatic heterocycles. The molecule has 0 aliphatic rings. The van der Waals surface area contributed by atoms with Gasteiger partial charge >= 0.3 is 0 Å². The van der Waals surface area contributed by atoms with E-state index in [4.69, 9.17) is 0 Å². The molecule has 0 unspecified atom stereocenters. The summed E-state index contributed by atoms with van der Waals surface area (Å²) in [6.45, 7) is 8.42. The first kappa shape index (κ1) is 35.1. The lowest BCUT2D eigenvalue weighted by molar-refractivity contribution is 0.584. The number of aromatic nitrogens is 2. The van der Waals surface area contributed by atoms with E-state index in [0.717, 1.165) is 71.9 Å². The molecule has 8 aromatic carbocycles. The van der Waals surface area contributed by atoms with Crippen LogP contribution in [0.2, 0.25) is 0 Å². The summed E-state index contributed by atoms with van der Waals surface area (Å²) in [6.07, 6.45) is 0. The van der Waals surface area contributed by atoms with Crippen molar-refractivity contribution in [2.24, 2.45) is 0 Å². The van der Waals surface area contributed by atoms with Gasteiger partial charge in [0.25, 0.3) is 0 Å². The molecule has 0 radical (unpaired) electrons. The number of nitriles is 1. The molecule has 278 valence electrons. The molecule has 5 heteroatoms. The number of para-hydroxylation sites is 2. The van der Waals surface area contributed by atoms with Gasteiger partial charge in [0.15, 0.2) is 0 Å². The Hall–Kier alpha value is -7.29. The molecule has 0 fully saturated rings. The van der Waals surface area contributed by atoms with Crippen LogP contribution in [-0.4, -0.2) is 9.13 Å². The SMILES string of the molecule is Cc1cc(C)cc(-c2ccc3c4ccccc4n(-c4cc(-c5cc(F)cc(F)c5)cc(-n5c6ccccc6c6ccc(-c7cc(C)cc(C)c7)cc65)c4C#N)c3c2)c1. The van der Waals surface area contributed by atoms with Crippen molar-refractivity contribution < 1.29 is 8.78 Å². The summed E-state index contributed by atoms with van der Waals surface area (Å²) in [5.41, 5.74) is 15.3. The molecule has 58 heavy (non-hydrogen) atoms. The second-order valence-corrected chi connectivity index (χ2v) is 15.6. The normalized spacial score (nSPS) is 11.6. The number of hydrogen-bond donors (Lipinski definition) is 0. The molecule has 0 spiro atoms. The van der Waals surface area contributed by atoms with E-state index in [0.29, 0.717) is 28.1 Å². The maximum Gasteiger partial charge on any atom is 0.126 e. The van der Waals surface area contributed by atoms with Crippen molar-refractivity contribution in [3.63, 3.8) is 0 Å². The van der Waals surface area contributed by atoms with Gasteiger partial charge in [-0.2, -0.15) is 5.26 Å². The molecule has 10 rings (SSSR count). The summed E-state index contributed by atoms with van der Waals surface area (Å²) in [5.74, 6) is -1.35. The highest BCUT2D eigenvalue weighted by molar-refractivity contribution is 6.12. The van der Waals surface area contributed by atoms with E-state index in [1.807, 2.05) is 36.4 Å². The Morgan fingerprint density at radius 1 is 0.379 bits per heavy atom. The van der Waals surface area contributed by atoms with Gasteiger partial charge in [-0.15, -0.1) is 0 Å². The molecule has 0 amide bonds. The third-order valence-corrected chi connectivity index (χ3v) is 11.3. The highest BCUT2D eigenvalue weighted by Crippen LogP contribution is 2.42. The number of benzene rings is 8. The van der Waals surface area contributed by atoms with Crippen LogP contribution in [-0.2, 0) is 0 Å². The Morgan fingerprint density at radius 3 is 1.19 bits per heavy atom. The van der Waals surface area contributed by atoms with E-state index in [-0.39, 0.29) is 0 Å². The van der Waals surface area contributed by atoms with E-state index in [1.54, 1.807) is 0 Å². The number of halogens is 2. The van der Waals surface area contributed by atoms with Crippen LogP contribution in [0.4, 0.5) is 8.78 Å². The van der Waals surface area contributed by atoms with E-state index in [9.17, 15) is 5.26 Å². The van der Waals surface area contributed by atoms with Crippen LogP contribution in [0.1, 0.15) is 27.8 Å². The molecule has 0 saturated carbocycles. The molecule has 0 N–H and O–H groups in total.